The van der Waals surface area contributed by atoms with Crippen LogP contribution in [0.1, 0.15) is 17.5 Å². The van der Waals surface area contributed by atoms with Gasteiger partial charge in [-0.2, -0.15) is 11.8 Å². The molecule has 0 aromatic heterocycles. The zero-order valence-corrected chi connectivity index (χ0v) is 12.9. The molecule has 1 unspecified atom stereocenters. The van der Waals surface area contributed by atoms with Crippen LogP contribution < -0.4 is 4.74 Å². The third-order valence-corrected chi connectivity index (χ3v) is 4.71. The molecule has 1 aromatic carbocycles. The van der Waals surface area contributed by atoms with Gasteiger partial charge >= 0.3 is 0 Å². The van der Waals surface area contributed by atoms with Crippen molar-refractivity contribution in [2.45, 2.75) is 19.0 Å². The van der Waals surface area contributed by atoms with Gasteiger partial charge in [0, 0.05) is 23.9 Å². The molecule has 108 valence electrons. The van der Waals surface area contributed by atoms with Gasteiger partial charge in [0.1, 0.15) is 12.4 Å². The number of ether oxygens (including phenoxy) is 1. The van der Waals surface area contributed by atoms with Gasteiger partial charge < -0.3 is 9.84 Å². The standard InChI is InChI=1S/C16H21NO2S/c1-17(15-7-9-20-12-15)11-14-10-16(19-2)6-5-13(14)4-3-8-18/h5-6,10,15,18H,7-9,11-12H2,1-2H3. The van der Waals surface area contributed by atoms with Crippen LogP contribution in [-0.4, -0.2) is 48.3 Å². The molecule has 0 radical (unpaired) electrons. The summed E-state index contributed by atoms with van der Waals surface area (Å²) in [5.74, 6) is 9.06. The Kier molecular flexibility index (Phi) is 5.78. The summed E-state index contributed by atoms with van der Waals surface area (Å²) in [5, 5.41) is 8.86. The van der Waals surface area contributed by atoms with Crippen molar-refractivity contribution in [2.24, 2.45) is 0 Å². The third-order valence-electron chi connectivity index (χ3n) is 3.56. The largest absolute Gasteiger partial charge is 0.497 e. The molecule has 4 heteroatoms. The van der Waals surface area contributed by atoms with Crippen LogP contribution in [0.15, 0.2) is 18.2 Å². The van der Waals surface area contributed by atoms with Crippen molar-refractivity contribution in [3.05, 3.63) is 29.3 Å². The van der Waals surface area contributed by atoms with Crippen LogP contribution >= 0.6 is 11.8 Å². The molecular formula is C16H21NO2S. The van der Waals surface area contributed by atoms with Crippen molar-refractivity contribution in [1.82, 2.24) is 4.90 Å². The lowest BCUT2D eigenvalue weighted by Gasteiger charge is -2.24. The number of thioether (sulfide) groups is 1. The summed E-state index contributed by atoms with van der Waals surface area (Å²) in [7, 11) is 3.84. The minimum atomic E-state index is -0.111. The Balaban J connectivity index is 2.18. The minimum Gasteiger partial charge on any atom is -0.497 e. The van der Waals surface area contributed by atoms with Gasteiger partial charge in [0.25, 0.3) is 0 Å². The number of rotatable bonds is 4. The summed E-state index contributed by atoms with van der Waals surface area (Å²) < 4.78 is 5.30. The first-order valence-corrected chi connectivity index (χ1v) is 7.94. The highest BCUT2D eigenvalue weighted by atomic mass is 32.2. The normalized spacial score (nSPS) is 17.9. The van der Waals surface area contributed by atoms with Crippen molar-refractivity contribution >= 4 is 11.8 Å². The highest BCUT2D eigenvalue weighted by molar-refractivity contribution is 7.99. The van der Waals surface area contributed by atoms with Crippen LogP contribution in [0, 0.1) is 11.8 Å². The predicted molar refractivity (Wildman–Crippen MR) is 84.2 cm³/mol. The molecule has 1 atom stereocenters. The fourth-order valence-corrected chi connectivity index (χ4v) is 3.65. The molecule has 1 aromatic rings. The average Bonchev–Trinajstić information content (AvgIpc) is 3.00. The number of aliphatic hydroxyl groups excluding tert-OH is 1. The highest BCUT2D eigenvalue weighted by Crippen LogP contribution is 2.24. The lowest BCUT2D eigenvalue weighted by molar-refractivity contribution is 0.254. The summed E-state index contributed by atoms with van der Waals surface area (Å²) >= 11 is 2.02. The second-order valence-corrected chi connectivity index (χ2v) is 6.07. The van der Waals surface area contributed by atoms with Crippen LogP contribution in [-0.2, 0) is 6.54 Å². The molecule has 1 N–H and O–H groups in total. The van der Waals surface area contributed by atoms with Crippen molar-refractivity contribution in [1.29, 1.82) is 0 Å². The van der Waals surface area contributed by atoms with E-state index >= 15 is 0 Å². The lowest BCUT2D eigenvalue weighted by atomic mass is 10.1. The van der Waals surface area contributed by atoms with Gasteiger partial charge in [0.15, 0.2) is 0 Å². The van der Waals surface area contributed by atoms with Gasteiger partial charge in [-0.05, 0) is 43.0 Å². The van der Waals surface area contributed by atoms with E-state index in [-0.39, 0.29) is 6.61 Å². The summed E-state index contributed by atoms with van der Waals surface area (Å²) in [5.41, 5.74) is 2.13. The Hall–Kier alpha value is -1.15. The van der Waals surface area contributed by atoms with E-state index in [1.807, 2.05) is 30.0 Å². The molecule has 1 aliphatic rings. The highest BCUT2D eigenvalue weighted by Gasteiger charge is 2.20. The SMILES string of the molecule is COc1ccc(C#CCO)c(CN(C)C2CCSC2)c1. The summed E-state index contributed by atoms with van der Waals surface area (Å²) in [6.45, 7) is 0.748. The fraction of sp³-hybridized carbons (Fsp3) is 0.500. The smallest absolute Gasteiger partial charge is 0.119 e. The number of hydrogen-bond acceptors (Lipinski definition) is 4. The van der Waals surface area contributed by atoms with Crippen molar-refractivity contribution in [2.75, 3.05) is 32.3 Å². The Morgan fingerprint density at radius 2 is 2.35 bits per heavy atom. The maximum atomic E-state index is 8.86. The first-order valence-electron chi connectivity index (χ1n) is 6.79. The van der Waals surface area contributed by atoms with E-state index in [9.17, 15) is 0 Å². The molecule has 0 saturated carbocycles. The van der Waals surface area contributed by atoms with E-state index in [2.05, 4.69) is 23.8 Å². The van der Waals surface area contributed by atoms with Crippen molar-refractivity contribution in [3.63, 3.8) is 0 Å². The number of aliphatic hydroxyl groups is 1. The van der Waals surface area contributed by atoms with Crippen molar-refractivity contribution < 1.29 is 9.84 Å². The van der Waals surface area contributed by atoms with E-state index in [4.69, 9.17) is 9.84 Å². The molecule has 3 nitrogen and oxygen atoms in total. The molecule has 1 heterocycles. The zero-order valence-electron chi connectivity index (χ0n) is 12.1. The molecule has 0 spiro atoms. The molecule has 1 aliphatic heterocycles. The van der Waals surface area contributed by atoms with E-state index in [1.165, 1.54) is 17.9 Å². The predicted octanol–water partition coefficient (Wildman–Crippen LogP) is 1.98. The second kappa shape index (κ2) is 7.58. The van der Waals surface area contributed by atoms with Crippen LogP contribution in [0.25, 0.3) is 0 Å². The van der Waals surface area contributed by atoms with Crippen LogP contribution in [0.4, 0.5) is 0 Å². The third kappa shape index (κ3) is 3.92. The topological polar surface area (TPSA) is 32.7 Å². The van der Waals surface area contributed by atoms with E-state index in [1.54, 1.807) is 7.11 Å². The van der Waals surface area contributed by atoms with Crippen molar-refractivity contribution in [3.8, 4) is 17.6 Å². The van der Waals surface area contributed by atoms with Gasteiger partial charge in [0.2, 0.25) is 0 Å². The minimum absolute atomic E-state index is 0.111. The van der Waals surface area contributed by atoms with Crippen LogP contribution in [0.3, 0.4) is 0 Å². The first-order chi connectivity index (χ1) is 9.74. The van der Waals surface area contributed by atoms with Crippen LogP contribution in [0.2, 0.25) is 0 Å². The maximum absolute atomic E-state index is 8.86. The average molecular weight is 291 g/mol. The molecular weight excluding hydrogens is 270 g/mol. The maximum Gasteiger partial charge on any atom is 0.119 e. The van der Waals surface area contributed by atoms with E-state index < -0.39 is 0 Å². The molecule has 0 bridgehead atoms. The number of nitrogens with zero attached hydrogens (tertiary/aromatic N) is 1. The van der Waals surface area contributed by atoms with E-state index in [0.29, 0.717) is 6.04 Å². The van der Waals surface area contributed by atoms with Gasteiger partial charge in [-0.1, -0.05) is 11.8 Å². The molecule has 0 aliphatic carbocycles. The molecule has 2 rings (SSSR count). The number of hydrogen-bond donors (Lipinski definition) is 1. The van der Waals surface area contributed by atoms with Crippen LogP contribution in [0.5, 0.6) is 5.75 Å². The number of methoxy groups -OCH3 is 1. The number of benzene rings is 1. The van der Waals surface area contributed by atoms with Gasteiger partial charge in [-0.25, -0.2) is 0 Å². The quantitative estimate of drug-likeness (QED) is 0.860. The van der Waals surface area contributed by atoms with E-state index in [0.717, 1.165) is 23.4 Å². The molecule has 1 saturated heterocycles. The molecule has 0 amide bonds. The monoisotopic (exact) mass is 291 g/mol. The molecule has 20 heavy (non-hydrogen) atoms. The Labute approximate surface area is 125 Å². The van der Waals surface area contributed by atoms with Gasteiger partial charge in [-0.3, -0.25) is 4.90 Å². The second-order valence-electron chi connectivity index (χ2n) is 4.92. The summed E-state index contributed by atoms with van der Waals surface area (Å²) in [6, 6.07) is 6.56. The lowest BCUT2D eigenvalue weighted by Crippen LogP contribution is -2.31. The summed E-state index contributed by atoms with van der Waals surface area (Å²) in [4.78, 5) is 2.39. The molecule has 1 fully saturated rings. The van der Waals surface area contributed by atoms with Gasteiger partial charge in [0.05, 0.1) is 7.11 Å². The Morgan fingerprint density at radius 3 is 3.00 bits per heavy atom. The zero-order chi connectivity index (χ0) is 14.4. The van der Waals surface area contributed by atoms with Gasteiger partial charge in [-0.15, -0.1) is 0 Å². The summed E-state index contributed by atoms with van der Waals surface area (Å²) in [6.07, 6.45) is 1.25. The Bertz CT molecular complexity index is 501. The fourth-order valence-electron chi connectivity index (χ4n) is 2.35. The Morgan fingerprint density at radius 1 is 1.50 bits per heavy atom. The first kappa shape index (κ1) is 15.2.